The van der Waals surface area contributed by atoms with E-state index < -0.39 is 0 Å². The Bertz CT molecular complexity index is 340. The second-order valence-corrected chi connectivity index (χ2v) is 4.11. The Kier molecular flexibility index (Phi) is 2.46. The Morgan fingerprint density at radius 3 is 2.64 bits per heavy atom. The first-order valence-electron chi connectivity index (χ1n) is 5.22. The Hall–Kier alpha value is -1.02. The summed E-state index contributed by atoms with van der Waals surface area (Å²) in [5.74, 6) is 0.476. The summed E-state index contributed by atoms with van der Waals surface area (Å²) >= 11 is 0. The van der Waals surface area contributed by atoms with Crippen molar-refractivity contribution in [1.82, 2.24) is 5.32 Å². The molecule has 0 aliphatic carbocycles. The molecule has 76 valence electrons. The minimum Gasteiger partial charge on any atom is -0.507 e. The van der Waals surface area contributed by atoms with Gasteiger partial charge in [-0.05, 0) is 44.4 Å². The van der Waals surface area contributed by atoms with E-state index in [1.807, 2.05) is 13.0 Å². The molecule has 1 heterocycles. The molecule has 1 aromatic rings. The van der Waals surface area contributed by atoms with Crippen LogP contribution in [0.3, 0.4) is 0 Å². The number of rotatable bonds is 1. The monoisotopic (exact) mass is 191 g/mol. The topological polar surface area (TPSA) is 32.3 Å². The van der Waals surface area contributed by atoms with Crippen LogP contribution in [0.5, 0.6) is 5.75 Å². The molecule has 0 radical (unpaired) electrons. The first-order valence-corrected chi connectivity index (χ1v) is 5.22. The summed E-state index contributed by atoms with van der Waals surface area (Å²) in [4.78, 5) is 0. The molecule has 0 unspecified atom stereocenters. The van der Waals surface area contributed by atoms with E-state index >= 15 is 0 Å². The van der Waals surface area contributed by atoms with Crippen LogP contribution in [0, 0.1) is 13.8 Å². The molecular formula is C12H17NO. The van der Waals surface area contributed by atoms with E-state index in [1.165, 1.54) is 12.0 Å². The van der Waals surface area contributed by atoms with Gasteiger partial charge in [0.1, 0.15) is 5.75 Å². The lowest BCUT2D eigenvalue weighted by molar-refractivity contribution is 0.452. The van der Waals surface area contributed by atoms with Gasteiger partial charge in [-0.15, -0.1) is 0 Å². The van der Waals surface area contributed by atoms with E-state index in [0.29, 0.717) is 11.8 Å². The average Bonchev–Trinajstić information content (AvgIpc) is 2.65. The number of hydrogen-bond donors (Lipinski definition) is 2. The van der Waals surface area contributed by atoms with E-state index in [2.05, 4.69) is 18.3 Å². The van der Waals surface area contributed by atoms with Gasteiger partial charge < -0.3 is 10.4 Å². The normalized spacial score (nSPS) is 21.4. The van der Waals surface area contributed by atoms with Crippen molar-refractivity contribution < 1.29 is 5.11 Å². The minimum absolute atomic E-state index is 0.356. The first kappa shape index (κ1) is 9.53. The molecule has 1 aliphatic heterocycles. The largest absolute Gasteiger partial charge is 0.507 e. The molecule has 1 fully saturated rings. The Labute approximate surface area is 85.0 Å². The molecule has 14 heavy (non-hydrogen) atoms. The van der Waals surface area contributed by atoms with Gasteiger partial charge in [0.25, 0.3) is 0 Å². The molecule has 1 aromatic carbocycles. The molecule has 2 N–H and O–H groups in total. The third kappa shape index (κ3) is 1.50. The van der Waals surface area contributed by atoms with Crippen LogP contribution < -0.4 is 5.32 Å². The van der Waals surface area contributed by atoms with E-state index in [1.54, 1.807) is 0 Å². The highest BCUT2D eigenvalue weighted by Crippen LogP contribution is 2.34. The van der Waals surface area contributed by atoms with Gasteiger partial charge in [0.2, 0.25) is 0 Å². The highest BCUT2D eigenvalue weighted by molar-refractivity contribution is 5.46. The maximum atomic E-state index is 10.00. The number of benzene rings is 1. The van der Waals surface area contributed by atoms with Gasteiger partial charge in [0.15, 0.2) is 0 Å². The maximum Gasteiger partial charge on any atom is 0.123 e. The molecule has 0 spiro atoms. The molecule has 1 saturated heterocycles. The maximum absolute atomic E-state index is 10.00. The predicted octanol–water partition coefficient (Wildman–Crippen LogP) is 2.43. The summed E-state index contributed by atoms with van der Waals surface area (Å²) in [7, 11) is 0. The second-order valence-electron chi connectivity index (χ2n) is 4.11. The quantitative estimate of drug-likeness (QED) is 0.714. The van der Waals surface area contributed by atoms with Gasteiger partial charge in [0, 0.05) is 11.6 Å². The highest BCUT2D eigenvalue weighted by Gasteiger charge is 2.21. The van der Waals surface area contributed by atoms with Crippen molar-refractivity contribution >= 4 is 0 Å². The Balaban J connectivity index is 2.44. The number of aromatic hydroxyl groups is 1. The summed E-state index contributed by atoms with van der Waals surface area (Å²) in [6.45, 7) is 5.08. The molecule has 1 atom stereocenters. The molecule has 2 heteroatoms. The van der Waals surface area contributed by atoms with E-state index in [-0.39, 0.29) is 0 Å². The zero-order chi connectivity index (χ0) is 10.1. The Morgan fingerprint density at radius 2 is 2.00 bits per heavy atom. The van der Waals surface area contributed by atoms with Crippen LogP contribution in [0.25, 0.3) is 0 Å². The standard InChI is InChI=1S/C12H17NO/c1-8-5-6-9(2)12(14)11(8)10-4-3-7-13-10/h5-6,10,13-14H,3-4,7H2,1-2H3/t10-/m0/s1. The summed E-state index contributed by atoms with van der Waals surface area (Å²) < 4.78 is 0. The zero-order valence-corrected chi connectivity index (χ0v) is 8.80. The molecule has 1 aliphatic rings. The third-order valence-electron chi connectivity index (χ3n) is 3.05. The Morgan fingerprint density at radius 1 is 1.29 bits per heavy atom. The molecular weight excluding hydrogens is 174 g/mol. The van der Waals surface area contributed by atoms with Crippen molar-refractivity contribution in [1.29, 1.82) is 0 Å². The molecule has 2 rings (SSSR count). The lowest BCUT2D eigenvalue weighted by Crippen LogP contribution is -2.14. The summed E-state index contributed by atoms with van der Waals surface area (Å²) in [6.07, 6.45) is 2.34. The summed E-state index contributed by atoms with van der Waals surface area (Å²) in [5.41, 5.74) is 3.26. The van der Waals surface area contributed by atoms with Crippen LogP contribution in [0.1, 0.15) is 35.6 Å². The summed E-state index contributed by atoms with van der Waals surface area (Å²) in [5, 5.41) is 13.4. The molecule has 0 bridgehead atoms. The van der Waals surface area contributed by atoms with Crippen LogP contribution in [0.2, 0.25) is 0 Å². The smallest absolute Gasteiger partial charge is 0.123 e. The van der Waals surface area contributed by atoms with Crippen molar-refractivity contribution in [3.05, 3.63) is 28.8 Å². The van der Waals surface area contributed by atoms with E-state index in [4.69, 9.17) is 0 Å². The number of phenolic OH excluding ortho intramolecular Hbond substituents is 1. The van der Waals surface area contributed by atoms with Gasteiger partial charge in [-0.1, -0.05) is 12.1 Å². The fraction of sp³-hybridized carbons (Fsp3) is 0.500. The van der Waals surface area contributed by atoms with Gasteiger partial charge in [-0.25, -0.2) is 0 Å². The fourth-order valence-corrected chi connectivity index (χ4v) is 2.19. The van der Waals surface area contributed by atoms with Crippen LogP contribution >= 0.6 is 0 Å². The lowest BCUT2D eigenvalue weighted by atomic mass is 9.96. The van der Waals surface area contributed by atoms with Crippen LogP contribution in [0.15, 0.2) is 12.1 Å². The number of aryl methyl sites for hydroxylation is 2. The summed E-state index contributed by atoms with van der Waals surface area (Å²) in [6, 6.07) is 4.42. The fourth-order valence-electron chi connectivity index (χ4n) is 2.19. The van der Waals surface area contributed by atoms with Gasteiger partial charge in [-0.3, -0.25) is 0 Å². The number of nitrogens with one attached hydrogen (secondary N) is 1. The molecule has 0 amide bonds. The first-order chi connectivity index (χ1) is 6.70. The van der Waals surface area contributed by atoms with Crippen molar-refractivity contribution in [2.75, 3.05) is 6.54 Å². The molecule has 2 nitrogen and oxygen atoms in total. The lowest BCUT2D eigenvalue weighted by Gasteiger charge is -2.16. The zero-order valence-electron chi connectivity index (χ0n) is 8.80. The number of hydrogen-bond acceptors (Lipinski definition) is 2. The second kappa shape index (κ2) is 3.62. The van der Waals surface area contributed by atoms with Gasteiger partial charge >= 0.3 is 0 Å². The van der Waals surface area contributed by atoms with E-state index in [9.17, 15) is 5.11 Å². The molecule has 0 saturated carbocycles. The van der Waals surface area contributed by atoms with Crippen molar-refractivity contribution in [3.63, 3.8) is 0 Å². The van der Waals surface area contributed by atoms with E-state index in [0.717, 1.165) is 24.1 Å². The van der Waals surface area contributed by atoms with Crippen LogP contribution in [-0.4, -0.2) is 11.7 Å². The number of phenols is 1. The van der Waals surface area contributed by atoms with Crippen LogP contribution in [-0.2, 0) is 0 Å². The minimum atomic E-state index is 0.356. The van der Waals surface area contributed by atoms with Crippen molar-refractivity contribution in [3.8, 4) is 5.75 Å². The van der Waals surface area contributed by atoms with Crippen LogP contribution in [0.4, 0.5) is 0 Å². The third-order valence-corrected chi connectivity index (χ3v) is 3.05. The van der Waals surface area contributed by atoms with Gasteiger partial charge in [0.05, 0.1) is 0 Å². The highest BCUT2D eigenvalue weighted by atomic mass is 16.3. The SMILES string of the molecule is Cc1ccc(C)c([C@@H]2CCCN2)c1O. The van der Waals surface area contributed by atoms with Crippen molar-refractivity contribution in [2.24, 2.45) is 0 Å². The van der Waals surface area contributed by atoms with Gasteiger partial charge in [-0.2, -0.15) is 0 Å². The molecule has 0 aromatic heterocycles. The van der Waals surface area contributed by atoms with Crippen molar-refractivity contribution in [2.45, 2.75) is 32.7 Å². The predicted molar refractivity (Wildman–Crippen MR) is 57.6 cm³/mol. The average molecular weight is 191 g/mol.